The van der Waals surface area contributed by atoms with E-state index in [2.05, 4.69) is 27.1 Å². The van der Waals surface area contributed by atoms with Gasteiger partial charge in [-0.3, -0.25) is 9.48 Å². The Morgan fingerprint density at radius 2 is 1.84 bits per heavy atom. The normalized spacial score (nSPS) is 28.0. The number of hydrogen-bond acceptors (Lipinski definition) is 3. The van der Waals surface area contributed by atoms with Crippen LogP contribution in [0.2, 0.25) is 0 Å². The van der Waals surface area contributed by atoms with E-state index in [0.717, 1.165) is 37.6 Å². The smallest absolute Gasteiger partial charge is 0.243 e. The molecule has 2 heterocycles. The first-order valence-corrected chi connectivity index (χ1v) is 11.7. The van der Waals surface area contributed by atoms with Crippen LogP contribution in [0.4, 0.5) is 8.78 Å². The van der Waals surface area contributed by atoms with Gasteiger partial charge in [0.2, 0.25) is 5.91 Å². The van der Waals surface area contributed by atoms with Crippen LogP contribution >= 0.6 is 0 Å². The molecule has 170 valence electrons. The SMILES string of the molecule is Cc1ccn(CC23CC(CCCCCC(=O)N4N=CCC4c4cc(F)cc(F)c4)(C2)C3)n1. The fourth-order valence-corrected chi connectivity index (χ4v) is 6.32. The van der Waals surface area contributed by atoms with Crippen molar-refractivity contribution in [2.75, 3.05) is 0 Å². The summed E-state index contributed by atoms with van der Waals surface area (Å²) in [5.41, 5.74) is 2.55. The number of unbranched alkanes of at least 4 members (excludes halogenated alkanes) is 2. The van der Waals surface area contributed by atoms with Crippen molar-refractivity contribution < 1.29 is 13.6 Å². The zero-order chi connectivity index (χ0) is 22.3. The molecule has 1 atom stereocenters. The lowest BCUT2D eigenvalue weighted by Gasteiger charge is -2.71. The molecule has 5 nitrogen and oxygen atoms in total. The van der Waals surface area contributed by atoms with Crippen molar-refractivity contribution in [2.24, 2.45) is 15.9 Å². The molecule has 1 aromatic carbocycles. The van der Waals surface area contributed by atoms with Gasteiger partial charge in [-0.2, -0.15) is 10.2 Å². The number of hydrogen-bond donors (Lipinski definition) is 0. The van der Waals surface area contributed by atoms with Gasteiger partial charge in [0.15, 0.2) is 0 Å². The summed E-state index contributed by atoms with van der Waals surface area (Å²) in [6, 6.07) is 5.06. The molecule has 0 radical (unpaired) electrons. The number of benzene rings is 1. The molecule has 3 saturated carbocycles. The number of carbonyl (C=O) groups is 1. The van der Waals surface area contributed by atoms with Crippen LogP contribution in [0, 0.1) is 29.4 Å². The number of aromatic nitrogens is 2. The molecule has 32 heavy (non-hydrogen) atoms. The fourth-order valence-electron chi connectivity index (χ4n) is 6.32. The number of rotatable bonds is 9. The molecular weight excluding hydrogens is 410 g/mol. The van der Waals surface area contributed by atoms with E-state index >= 15 is 0 Å². The lowest BCUT2D eigenvalue weighted by Crippen LogP contribution is -2.63. The molecule has 1 amide bonds. The summed E-state index contributed by atoms with van der Waals surface area (Å²) in [5, 5.41) is 10.1. The Hall–Kier alpha value is -2.57. The molecule has 3 aliphatic carbocycles. The maximum Gasteiger partial charge on any atom is 0.243 e. The third kappa shape index (κ3) is 4.09. The van der Waals surface area contributed by atoms with Crippen LogP contribution in [0.1, 0.15) is 75.1 Å². The zero-order valence-electron chi connectivity index (χ0n) is 18.6. The van der Waals surface area contributed by atoms with Gasteiger partial charge in [-0.25, -0.2) is 13.8 Å². The fraction of sp³-hybridized carbons (Fsp3) is 0.560. The van der Waals surface area contributed by atoms with Gasteiger partial charge >= 0.3 is 0 Å². The first kappa shape index (κ1) is 21.3. The Morgan fingerprint density at radius 3 is 2.53 bits per heavy atom. The highest BCUT2D eigenvalue weighted by Crippen LogP contribution is 2.75. The van der Waals surface area contributed by atoms with Gasteiger partial charge in [-0.05, 0) is 73.6 Å². The van der Waals surface area contributed by atoms with Crippen molar-refractivity contribution >= 4 is 12.1 Å². The van der Waals surface area contributed by atoms with Gasteiger partial charge in [0.25, 0.3) is 0 Å². The summed E-state index contributed by atoms with van der Waals surface area (Å²) in [7, 11) is 0. The van der Waals surface area contributed by atoms with E-state index in [1.807, 2.05) is 6.92 Å². The van der Waals surface area contributed by atoms with Crippen LogP contribution in [0.3, 0.4) is 0 Å². The maximum atomic E-state index is 13.6. The van der Waals surface area contributed by atoms with Crippen LogP contribution in [0.5, 0.6) is 0 Å². The predicted octanol–water partition coefficient (Wildman–Crippen LogP) is 5.55. The molecule has 1 unspecified atom stereocenters. The molecule has 3 fully saturated rings. The number of amides is 1. The lowest BCUT2D eigenvalue weighted by atomic mass is 9.34. The molecule has 6 rings (SSSR count). The van der Waals surface area contributed by atoms with E-state index in [0.29, 0.717) is 29.2 Å². The second-order valence-corrected chi connectivity index (χ2v) is 10.2. The molecular formula is C25H30F2N4O. The average Bonchev–Trinajstić information content (AvgIpc) is 3.32. The predicted molar refractivity (Wildman–Crippen MR) is 118 cm³/mol. The molecule has 2 aromatic rings. The number of nitrogens with zero attached hydrogens (tertiary/aromatic N) is 4. The third-order valence-electron chi connectivity index (χ3n) is 7.47. The highest BCUT2D eigenvalue weighted by Gasteiger charge is 2.66. The van der Waals surface area contributed by atoms with Crippen molar-refractivity contribution in [3.05, 3.63) is 53.4 Å². The summed E-state index contributed by atoms with van der Waals surface area (Å²) >= 11 is 0. The molecule has 2 bridgehead atoms. The van der Waals surface area contributed by atoms with Crippen LogP contribution in [-0.4, -0.2) is 26.9 Å². The number of halogens is 2. The van der Waals surface area contributed by atoms with E-state index in [9.17, 15) is 13.6 Å². The first-order valence-electron chi connectivity index (χ1n) is 11.7. The topological polar surface area (TPSA) is 50.5 Å². The highest BCUT2D eigenvalue weighted by atomic mass is 19.1. The second kappa shape index (κ2) is 8.09. The molecule has 4 aliphatic rings. The number of carbonyl (C=O) groups excluding carboxylic acids is 1. The second-order valence-electron chi connectivity index (χ2n) is 10.2. The standard InChI is InChI=1S/C25H30F2N4O/c1-18-7-10-30(29-18)17-25-14-24(15-25,16-25)8-4-2-3-5-23(32)31-22(6-9-28-31)19-11-20(26)13-21(27)12-19/h7,9-13,22H,2-6,8,14-17H2,1H3. The maximum absolute atomic E-state index is 13.6. The van der Waals surface area contributed by atoms with Crippen molar-refractivity contribution in [3.63, 3.8) is 0 Å². The quantitative estimate of drug-likeness (QED) is 0.480. The van der Waals surface area contributed by atoms with Gasteiger partial charge in [-0.15, -0.1) is 0 Å². The summed E-state index contributed by atoms with van der Waals surface area (Å²) < 4.78 is 29.2. The van der Waals surface area contributed by atoms with E-state index in [-0.39, 0.29) is 5.91 Å². The molecule has 0 spiro atoms. The highest BCUT2D eigenvalue weighted by molar-refractivity contribution is 5.79. The Bertz CT molecular complexity index is 1010. The van der Waals surface area contributed by atoms with Gasteiger partial charge in [0.05, 0.1) is 11.7 Å². The van der Waals surface area contributed by atoms with Crippen LogP contribution in [-0.2, 0) is 11.3 Å². The van der Waals surface area contributed by atoms with Crippen molar-refractivity contribution in [1.29, 1.82) is 0 Å². The van der Waals surface area contributed by atoms with Gasteiger partial charge in [0.1, 0.15) is 11.6 Å². The third-order valence-corrected chi connectivity index (χ3v) is 7.47. The van der Waals surface area contributed by atoms with E-state index < -0.39 is 17.7 Å². The molecule has 1 aliphatic heterocycles. The average molecular weight is 441 g/mol. The Balaban J connectivity index is 1.02. The van der Waals surface area contributed by atoms with Crippen molar-refractivity contribution in [3.8, 4) is 0 Å². The van der Waals surface area contributed by atoms with Crippen LogP contribution in [0.15, 0.2) is 35.6 Å². The van der Waals surface area contributed by atoms with Crippen molar-refractivity contribution in [2.45, 2.75) is 77.3 Å². The monoisotopic (exact) mass is 440 g/mol. The lowest BCUT2D eigenvalue weighted by molar-refractivity contribution is -0.217. The largest absolute Gasteiger partial charge is 0.273 e. The van der Waals surface area contributed by atoms with E-state index in [1.165, 1.54) is 42.8 Å². The number of hydrazone groups is 1. The van der Waals surface area contributed by atoms with E-state index in [1.54, 1.807) is 6.21 Å². The van der Waals surface area contributed by atoms with Crippen LogP contribution < -0.4 is 0 Å². The Kier molecular flexibility index (Phi) is 5.38. The minimum atomic E-state index is -0.630. The molecule has 1 aromatic heterocycles. The number of aryl methyl sites for hydroxylation is 1. The molecule has 7 heteroatoms. The first-order chi connectivity index (χ1) is 15.4. The Morgan fingerprint density at radius 1 is 1.09 bits per heavy atom. The molecule has 0 saturated heterocycles. The zero-order valence-corrected chi connectivity index (χ0v) is 18.6. The summed E-state index contributed by atoms with van der Waals surface area (Å²) in [5.74, 6) is -1.34. The minimum Gasteiger partial charge on any atom is -0.273 e. The van der Waals surface area contributed by atoms with E-state index in [4.69, 9.17) is 0 Å². The van der Waals surface area contributed by atoms with Crippen molar-refractivity contribution in [1.82, 2.24) is 14.8 Å². The minimum absolute atomic E-state index is 0.0765. The summed E-state index contributed by atoms with van der Waals surface area (Å²) in [4.78, 5) is 12.7. The van der Waals surface area contributed by atoms with Gasteiger partial charge in [-0.1, -0.05) is 12.8 Å². The van der Waals surface area contributed by atoms with Crippen LogP contribution in [0.25, 0.3) is 0 Å². The Labute approximate surface area is 187 Å². The van der Waals surface area contributed by atoms with Gasteiger partial charge in [0, 0.05) is 37.9 Å². The summed E-state index contributed by atoms with van der Waals surface area (Å²) in [6.07, 6.45) is 12.8. The molecule has 0 N–H and O–H groups in total. The summed E-state index contributed by atoms with van der Waals surface area (Å²) in [6.45, 7) is 3.08. The van der Waals surface area contributed by atoms with Gasteiger partial charge < -0.3 is 0 Å².